The number of ether oxygens (including phenoxy) is 9. The third-order valence-electron chi connectivity index (χ3n) is 18.3. The molecule has 0 N–H and O–H groups in total. The molecule has 9 fully saturated rings. The van der Waals surface area contributed by atoms with Gasteiger partial charge in [-0.2, -0.15) is 0 Å². The molecule has 4 heterocycles. The average molecular weight is 863 g/mol. The molecule has 14 nitrogen and oxygen atoms in total. The summed E-state index contributed by atoms with van der Waals surface area (Å²) in [5, 5.41) is 0. The topological polar surface area (TPSA) is 172 Å². The quantitative estimate of drug-likeness (QED) is 0.131. The highest BCUT2D eigenvalue weighted by Gasteiger charge is 2.87. The number of carbonyl (C=O) groups excluding carboxylic acids is 5. The minimum Gasteiger partial charge on any atom is -0.456 e. The van der Waals surface area contributed by atoms with Crippen molar-refractivity contribution in [3.05, 3.63) is 35.9 Å². The maximum Gasteiger partial charge on any atom is 0.340 e. The molecule has 14 heteroatoms. The summed E-state index contributed by atoms with van der Waals surface area (Å²) < 4.78 is 55.8. The van der Waals surface area contributed by atoms with Gasteiger partial charge in [0, 0.05) is 44.9 Å². The molecule has 1 aromatic carbocycles. The monoisotopic (exact) mass is 862 g/mol. The molecule has 9 aliphatic rings. The number of hydrogen-bond donors (Lipinski definition) is 0. The van der Waals surface area contributed by atoms with Gasteiger partial charge in [-0.25, -0.2) is 4.79 Å². The summed E-state index contributed by atoms with van der Waals surface area (Å²) in [4.78, 5) is 65.0. The van der Waals surface area contributed by atoms with Gasteiger partial charge in [-0.3, -0.25) is 19.2 Å². The summed E-state index contributed by atoms with van der Waals surface area (Å²) in [7, 11) is 0. The van der Waals surface area contributed by atoms with Gasteiger partial charge in [0.05, 0.1) is 24.4 Å². The van der Waals surface area contributed by atoms with E-state index in [9.17, 15) is 19.2 Å². The van der Waals surface area contributed by atoms with Crippen molar-refractivity contribution < 1.29 is 66.6 Å². The molecule has 4 saturated heterocycles. The average Bonchev–Trinajstić information content (AvgIpc) is 4.03. The summed E-state index contributed by atoms with van der Waals surface area (Å²) in [5.41, 5.74) is -1.78. The van der Waals surface area contributed by atoms with E-state index in [1.165, 1.54) is 20.8 Å². The van der Waals surface area contributed by atoms with Crippen LogP contribution in [0, 0.1) is 50.7 Å². The minimum atomic E-state index is -1.16. The van der Waals surface area contributed by atoms with Gasteiger partial charge in [0.1, 0.15) is 11.9 Å². The second kappa shape index (κ2) is 13.8. The first-order valence-electron chi connectivity index (χ1n) is 22.8. The van der Waals surface area contributed by atoms with Crippen LogP contribution >= 0.6 is 0 Å². The third-order valence-corrected chi connectivity index (χ3v) is 18.3. The fourth-order valence-corrected chi connectivity index (χ4v) is 15.8. The Bertz CT molecular complexity index is 2070. The van der Waals surface area contributed by atoms with Crippen molar-refractivity contribution in [2.75, 3.05) is 6.61 Å². The zero-order valence-electron chi connectivity index (χ0n) is 37.4. The van der Waals surface area contributed by atoms with Gasteiger partial charge in [-0.05, 0) is 97.0 Å². The van der Waals surface area contributed by atoms with Crippen molar-refractivity contribution in [3.63, 3.8) is 0 Å². The van der Waals surface area contributed by atoms with Crippen molar-refractivity contribution >= 4 is 29.7 Å². The molecule has 1 aromatic rings. The predicted molar refractivity (Wildman–Crippen MR) is 215 cm³/mol. The fraction of sp³-hybridized carbons (Fsp3) is 0.771. The number of ketones is 1. The zero-order chi connectivity index (χ0) is 44.2. The standard InChI is InChI=1S/C48H62O14/c1-24-19-48(40-45(9,61-40)41(62-48)59-38(53)28-13-11-10-12-14-28)60-29-20-43(7)32-16-15-31-42(5,6)34(17-18-46(31)23-47(32,46)21-33(52)44(43,8)35(24)29)58-39-37(57-27(4)51)36(56-26(3)50)30(22-54-39)55-25(2)49/h10-14,24,29-32,34-37,39-41H,15-23H2,1-9H3/t24-,29+,30-,31+,32+,34+,35+,36+,37-,39+,40-,41?,43+,44-,45+,46-,47+,48-/m1/s1. The Morgan fingerprint density at radius 1 is 0.758 bits per heavy atom. The largest absolute Gasteiger partial charge is 0.456 e. The molecule has 1 unspecified atom stereocenters. The van der Waals surface area contributed by atoms with E-state index in [1.54, 1.807) is 24.3 Å². The molecular formula is C48H62O14. The number of hydrogen-bond acceptors (Lipinski definition) is 14. The lowest BCUT2D eigenvalue weighted by Crippen LogP contribution is -2.63. The van der Waals surface area contributed by atoms with E-state index >= 15 is 4.79 Å². The summed E-state index contributed by atoms with van der Waals surface area (Å²) >= 11 is 0. The molecule has 5 aliphatic carbocycles. The van der Waals surface area contributed by atoms with Crippen LogP contribution in [0.15, 0.2) is 30.3 Å². The lowest BCUT2D eigenvalue weighted by Gasteiger charge is -2.62. The molecule has 5 saturated carbocycles. The Balaban J connectivity index is 0.879. The number of Topliss-reactive ketones (excluding diaryl/α,β-unsaturated/α-hetero) is 1. The first kappa shape index (κ1) is 42.5. The Hall–Kier alpha value is -3.43. The molecule has 10 rings (SSSR count). The van der Waals surface area contributed by atoms with E-state index in [4.69, 9.17) is 42.6 Å². The molecule has 0 amide bonds. The molecule has 3 spiro atoms. The van der Waals surface area contributed by atoms with Crippen molar-refractivity contribution in [3.8, 4) is 0 Å². The van der Waals surface area contributed by atoms with Crippen LogP contribution in [0.2, 0.25) is 0 Å². The van der Waals surface area contributed by atoms with E-state index in [0.29, 0.717) is 36.5 Å². The minimum absolute atomic E-state index is 0.00686. The van der Waals surface area contributed by atoms with Crippen LogP contribution in [-0.4, -0.2) is 96.9 Å². The maximum absolute atomic E-state index is 15.2. The van der Waals surface area contributed by atoms with E-state index in [-0.39, 0.29) is 64.3 Å². The van der Waals surface area contributed by atoms with Gasteiger partial charge in [-0.15, -0.1) is 0 Å². The van der Waals surface area contributed by atoms with Crippen LogP contribution in [0.5, 0.6) is 0 Å². The third kappa shape index (κ3) is 5.73. The highest BCUT2D eigenvalue weighted by atomic mass is 16.9. The van der Waals surface area contributed by atoms with Crippen LogP contribution in [0.3, 0.4) is 0 Å². The van der Waals surface area contributed by atoms with E-state index in [0.717, 1.165) is 32.1 Å². The smallest absolute Gasteiger partial charge is 0.340 e. The van der Waals surface area contributed by atoms with Crippen molar-refractivity contribution in [2.45, 2.75) is 174 Å². The van der Waals surface area contributed by atoms with Gasteiger partial charge in [0.25, 0.3) is 0 Å². The normalized spacial score (nSPS) is 50.0. The molecule has 18 atom stereocenters. The number of benzene rings is 1. The second-order valence-corrected chi connectivity index (χ2v) is 21.7. The number of esters is 4. The van der Waals surface area contributed by atoms with E-state index in [1.807, 2.05) is 13.0 Å². The van der Waals surface area contributed by atoms with Crippen molar-refractivity contribution in [1.29, 1.82) is 0 Å². The highest BCUT2D eigenvalue weighted by molar-refractivity contribution is 5.90. The first-order valence-corrected chi connectivity index (χ1v) is 22.8. The van der Waals surface area contributed by atoms with Crippen LogP contribution in [0.25, 0.3) is 0 Å². The fourth-order valence-electron chi connectivity index (χ4n) is 15.8. The van der Waals surface area contributed by atoms with Gasteiger partial charge >= 0.3 is 23.9 Å². The van der Waals surface area contributed by atoms with E-state index < -0.39 is 71.6 Å². The molecule has 0 aromatic heterocycles. The molecule has 338 valence electrons. The second-order valence-electron chi connectivity index (χ2n) is 21.7. The summed E-state index contributed by atoms with van der Waals surface area (Å²) in [6.45, 7) is 16.9. The van der Waals surface area contributed by atoms with Gasteiger partial charge in [-0.1, -0.05) is 52.8 Å². The van der Waals surface area contributed by atoms with Gasteiger partial charge in [0.2, 0.25) is 12.1 Å². The number of rotatable bonds is 7. The Morgan fingerprint density at radius 3 is 2.13 bits per heavy atom. The maximum atomic E-state index is 15.2. The molecule has 4 aliphatic heterocycles. The molecule has 0 bridgehead atoms. The van der Waals surface area contributed by atoms with Crippen LogP contribution in [-0.2, 0) is 61.8 Å². The first-order chi connectivity index (χ1) is 29.2. The lowest BCUT2D eigenvalue weighted by atomic mass is 9.41. The summed E-state index contributed by atoms with van der Waals surface area (Å²) in [5.74, 6) is -2.33. The van der Waals surface area contributed by atoms with Gasteiger partial charge < -0.3 is 42.6 Å². The number of carbonyl (C=O) groups is 5. The van der Waals surface area contributed by atoms with Crippen molar-refractivity contribution in [2.24, 2.45) is 50.7 Å². The molecule has 62 heavy (non-hydrogen) atoms. The predicted octanol–water partition coefficient (Wildman–Crippen LogP) is 6.24. The number of fused-ring (bicyclic) bond motifs is 6. The number of epoxide rings is 1. The highest BCUT2D eigenvalue weighted by Crippen LogP contribution is 2.89. The van der Waals surface area contributed by atoms with Gasteiger partial charge in [0.15, 0.2) is 30.2 Å². The lowest BCUT2D eigenvalue weighted by molar-refractivity contribution is -0.342. The van der Waals surface area contributed by atoms with Crippen molar-refractivity contribution in [1.82, 2.24) is 0 Å². The van der Waals surface area contributed by atoms with E-state index in [2.05, 4.69) is 34.6 Å². The summed E-state index contributed by atoms with van der Waals surface area (Å²) in [6.07, 6.45) is 0.255. The zero-order valence-corrected chi connectivity index (χ0v) is 37.4. The van der Waals surface area contributed by atoms with Crippen LogP contribution in [0.4, 0.5) is 0 Å². The Morgan fingerprint density at radius 2 is 1.44 bits per heavy atom. The molecular weight excluding hydrogens is 801 g/mol. The SMILES string of the molecule is CC(=O)O[C@@H]1[C@@H](OC(C)=O)[C@H](O[C@H]2CC[C@]34C[C@]35CC(=O)[C@]3(C)[C@H]6[C@H](C)C[C@]7(OC(OC(=O)c8ccccc8)[C@@]8(C)O[C@@H]78)O[C@H]6C[C@@]3(C)[C@@H]5CC[C@H]4C2(C)C)OC[C@H]1OC(C)=O. The van der Waals surface area contributed by atoms with Crippen LogP contribution < -0.4 is 0 Å². The summed E-state index contributed by atoms with van der Waals surface area (Å²) in [6, 6.07) is 8.88. The van der Waals surface area contributed by atoms with Crippen LogP contribution in [0.1, 0.15) is 124 Å². The Labute approximate surface area is 363 Å². The molecule has 0 radical (unpaired) electrons. The Kier molecular flexibility index (Phi) is 9.46.